The molecule has 0 saturated carbocycles. The molecule has 1 aromatic rings. The Hall–Kier alpha value is -0.430. The number of halogens is 1. The Bertz CT molecular complexity index is 542. The van der Waals surface area contributed by atoms with Crippen LogP contribution in [-0.2, 0) is 16.6 Å². The van der Waals surface area contributed by atoms with Gasteiger partial charge in [0.15, 0.2) is 0 Å². The summed E-state index contributed by atoms with van der Waals surface area (Å²) >= 11 is 3.37. The number of aryl methyl sites for hydroxylation is 1. The quantitative estimate of drug-likeness (QED) is 0.830. The van der Waals surface area contributed by atoms with E-state index in [2.05, 4.69) is 26.0 Å². The van der Waals surface area contributed by atoms with Gasteiger partial charge < -0.3 is 5.32 Å². The first kappa shape index (κ1) is 16.6. The van der Waals surface area contributed by atoms with Crippen LogP contribution in [0.4, 0.5) is 0 Å². The summed E-state index contributed by atoms with van der Waals surface area (Å²) in [5.41, 5.74) is 1.88. The molecule has 1 rings (SSSR count). The molecule has 0 fully saturated rings. The summed E-state index contributed by atoms with van der Waals surface area (Å²) in [5.74, 6) is 0. The average Bonchev–Trinajstić information content (AvgIpc) is 2.28. The maximum absolute atomic E-state index is 12.3. The normalized spacial score (nSPS) is 12.1. The summed E-state index contributed by atoms with van der Waals surface area (Å²) in [5, 5.41) is 3.20. The van der Waals surface area contributed by atoms with Crippen LogP contribution >= 0.6 is 15.9 Å². The molecule has 108 valence electrons. The van der Waals surface area contributed by atoms with Crippen LogP contribution in [-0.4, -0.2) is 21.0 Å². The van der Waals surface area contributed by atoms with E-state index in [-0.39, 0.29) is 6.04 Å². The highest BCUT2D eigenvalue weighted by Gasteiger charge is 2.20. The fourth-order valence-corrected chi connectivity index (χ4v) is 4.07. The van der Waals surface area contributed by atoms with E-state index in [1.165, 1.54) is 0 Å². The van der Waals surface area contributed by atoms with E-state index in [1.54, 1.807) is 19.9 Å². The van der Waals surface area contributed by atoms with Gasteiger partial charge in [0.05, 0.1) is 4.90 Å². The number of hydrogen-bond donors (Lipinski definition) is 2. The van der Waals surface area contributed by atoms with Gasteiger partial charge in [-0.3, -0.25) is 0 Å². The number of sulfonamides is 1. The van der Waals surface area contributed by atoms with E-state index in [0.717, 1.165) is 17.7 Å². The van der Waals surface area contributed by atoms with Crippen LogP contribution in [0.25, 0.3) is 0 Å². The molecule has 0 bridgehead atoms. The third-order valence-electron chi connectivity index (χ3n) is 2.54. The monoisotopic (exact) mass is 348 g/mol. The third-order valence-corrected chi connectivity index (χ3v) is 5.54. The summed E-state index contributed by atoms with van der Waals surface area (Å²) < 4.78 is 27.8. The molecule has 0 heterocycles. The summed E-state index contributed by atoms with van der Waals surface area (Å²) in [7, 11) is -3.48. The second-order valence-electron chi connectivity index (χ2n) is 4.78. The van der Waals surface area contributed by atoms with Crippen molar-refractivity contribution in [2.75, 3.05) is 6.54 Å². The Kier molecular flexibility index (Phi) is 5.98. The molecule has 0 saturated heterocycles. The largest absolute Gasteiger partial charge is 0.313 e. The van der Waals surface area contributed by atoms with Crippen LogP contribution in [0.3, 0.4) is 0 Å². The summed E-state index contributed by atoms with van der Waals surface area (Å²) in [6, 6.07) is 3.57. The smallest absolute Gasteiger partial charge is 0.241 e. The molecule has 1 aromatic carbocycles. The first-order valence-electron chi connectivity index (χ1n) is 6.30. The van der Waals surface area contributed by atoms with Crippen LogP contribution in [0.2, 0.25) is 0 Å². The molecule has 0 aliphatic carbocycles. The van der Waals surface area contributed by atoms with Gasteiger partial charge in [-0.2, -0.15) is 0 Å². The van der Waals surface area contributed by atoms with Gasteiger partial charge in [0.25, 0.3) is 0 Å². The zero-order valence-electron chi connectivity index (χ0n) is 11.7. The molecule has 0 atom stereocenters. The Labute approximate surface area is 124 Å². The number of hydrogen-bond acceptors (Lipinski definition) is 3. The van der Waals surface area contributed by atoms with Crippen molar-refractivity contribution in [3.05, 3.63) is 27.7 Å². The van der Waals surface area contributed by atoms with Gasteiger partial charge in [0.1, 0.15) is 0 Å². The number of rotatable bonds is 6. The molecule has 0 spiro atoms. The number of nitrogens with one attached hydrogen (secondary N) is 2. The van der Waals surface area contributed by atoms with Crippen LogP contribution in [0, 0.1) is 6.92 Å². The van der Waals surface area contributed by atoms with E-state index in [0.29, 0.717) is 15.9 Å². The molecular weight excluding hydrogens is 328 g/mol. The first-order chi connectivity index (χ1) is 8.77. The molecule has 0 aliphatic heterocycles. The van der Waals surface area contributed by atoms with Crippen molar-refractivity contribution in [3.8, 4) is 0 Å². The molecule has 19 heavy (non-hydrogen) atoms. The van der Waals surface area contributed by atoms with Gasteiger partial charge in [-0.05, 0) is 60.4 Å². The SMILES string of the molecule is CCNCc1cc(C)c(Br)c(S(=O)(=O)NC(C)C)c1. The van der Waals surface area contributed by atoms with E-state index in [1.807, 2.05) is 19.9 Å². The maximum atomic E-state index is 12.3. The van der Waals surface area contributed by atoms with Crippen molar-refractivity contribution >= 4 is 26.0 Å². The summed E-state index contributed by atoms with van der Waals surface area (Å²) in [4.78, 5) is 0.300. The van der Waals surface area contributed by atoms with Crippen molar-refractivity contribution < 1.29 is 8.42 Å². The second kappa shape index (κ2) is 6.83. The van der Waals surface area contributed by atoms with Crippen molar-refractivity contribution in [1.82, 2.24) is 10.0 Å². The van der Waals surface area contributed by atoms with Crippen molar-refractivity contribution in [2.24, 2.45) is 0 Å². The molecule has 2 N–H and O–H groups in total. The minimum atomic E-state index is -3.48. The highest BCUT2D eigenvalue weighted by atomic mass is 79.9. The van der Waals surface area contributed by atoms with Gasteiger partial charge in [-0.1, -0.05) is 13.0 Å². The molecule has 0 unspecified atom stereocenters. The maximum Gasteiger partial charge on any atom is 0.241 e. The van der Waals surface area contributed by atoms with Crippen LogP contribution in [0.5, 0.6) is 0 Å². The fraction of sp³-hybridized carbons (Fsp3) is 0.538. The number of benzene rings is 1. The lowest BCUT2D eigenvalue weighted by Gasteiger charge is -2.14. The Morgan fingerprint density at radius 1 is 1.32 bits per heavy atom. The van der Waals surface area contributed by atoms with Gasteiger partial charge in [0.2, 0.25) is 10.0 Å². The van der Waals surface area contributed by atoms with Gasteiger partial charge in [0, 0.05) is 17.1 Å². The zero-order valence-corrected chi connectivity index (χ0v) is 14.2. The molecule has 0 amide bonds. The molecule has 0 radical (unpaired) electrons. The van der Waals surface area contributed by atoms with E-state index < -0.39 is 10.0 Å². The van der Waals surface area contributed by atoms with E-state index in [9.17, 15) is 8.42 Å². The van der Waals surface area contributed by atoms with Crippen molar-refractivity contribution in [3.63, 3.8) is 0 Å². The topological polar surface area (TPSA) is 58.2 Å². The predicted molar refractivity (Wildman–Crippen MR) is 81.7 cm³/mol. The van der Waals surface area contributed by atoms with Crippen LogP contribution in [0.15, 0.2) is 21.5 Å². The molecule has 4 nitrogen and oxygen atoms in total. The van der Waals surface area contributed by atoms with Gasteiger partial charge in [-0.15, -0.1) is 0 Å². The first-order valence-corrected chi connectivity index (χ1v) is 8.57. The van der Waals surface area contributed by atoms with Gasteiger partial charge >= 0.3 is 0 Å². The van der Waals surface area contributed by atoms with E-state index in [4.69, 9.17) is 0 Å². The molecule has 0 aliphatic rings. The minimum absolute atomic E-state index is 0.130. The Morgan fingerprint density at radius 3 is 2.47 bits per heavy atom. The Balaban J connectivity index is 3.22. The van der Waals surface area contributed by atoms with Crippen molar-refractivity contribution in [2.45, 2.75) is 45.2 Å². The van der Waals surface area contributed by atoms with E-state index >= 15 is 0 Å². The molecular formula is C13H21BrN2O2S. The Morgan fingerprint density at radius 2 is 1.95 bits per heavy atom. The van der Waals surface area contributed by atoms with Crippen molar-refractivity contribution in [1.29, 1.82) is 0 Å². The summed E-state index contributed by atoms with van der Waals surface area (Å²) in [6.45, 7) is 9.04. The summed E-state index contributed by atoms with van der Waals surface area (Å²) in [6.07, 6.45) is 0. The molecule has 0 aromatic heterocycles. The highest BCUT2D eigenvalue weighted by Crippen LogP contribution is 2.27. The minimum Gasteiger partial charge on any atom is -0.313 e. The van der Waals surface area contributed by atoms with Crippen LogP contribution in [0.1, 0.15) is 31.9 Å². The predicted octanol–water partition coefficient (Wildman–Crippen LogP) is 2.55. The molecule has 6 heteroatoms. The zero-order chi connectivity index (χ0) is 14.6. The standard InChI is InChI=1S/C13H21BrN2O2S/c1-5-15-8-11-6-10(4)13(14)12(7-11)19(17,18)16-9(2)3/h6-7,9,15-16H,5,8H2,1-4H3. The van der Waals surface area contributed by atoms with Gasteiger partial charge in [-0.25, -0.2) is 13.1 Å². The lowest BCUT2D eigenvalue weighted by Crippen LogP contribution is -2.30. The average molecular weight is 349 g/mol. The second-order valence-corrected chi connectivity index (χ2v) is 7.26. The lowest BCUT2D eigenvalue weighted by atomic mass is 10.1. The van der Waals surface area contributed by atoms with Crippen LogP contribution < -0.4 is 10.0 Å². The highest BCUT2D eigenvalue weighted by molar-refractivity contribution is 9.10. The fourth-order valence-electron chi connectivity index (χ4n) is 1.75. The lowest BCUT2D eigenvalue weighted by molar-refractivity contribution is 0.569. The third kappa shape index (κ3) is 4.56.